The van der Waals surface area contributed by atoms with Crippen LogP contribution in [0.2, 0.25) is 0 Å². The molecular formula is C25H37NO2. The van der Waals surface area contributed by atoms with Gasteiger partial charge in [-0.1, -0.05) is 63.9 Å². The average Bonchev–Trinajstić information content (AvgIpc) is 3.02. The summed E-state index contributed by atoms with van der Waals surface area (Å²) in [5, 5.41) is 0. The SMILES string of the molecule is CCCC(CC)CN.COc1ccc(C)cc1OC1c2ccccc2C[C@H]1C. The first-order valence-electron chi connectivity index (χ1n) is 10.6. The summed E-state index contributed by atoms with van der Waals surface area (Å²) in [4.78, 5) is 0. The molecule has 0 spiro atoms. The summed E-state index contributed by atoms with van der Waals surface area (Å²) in [5.41, 5.74) is 9.36. The Balaban J connectivity index is 0.000000300. The van der Waals surface area contributed by atoms with E-state index in [1.807, 2.05) is 18.2 Å². The first kappa shape index (κ1) is 22.3. The fourth-order valence-corrected chi connectivity index (χ4v) is 3.85. The van der Waals surface area contributed by atoms with Gasteiger partial charge in [0.25, 0.3) is 0 Å². The quantitative estimate of drug-likeness (QED) is 0.629. The van der Waals surface area contributed by atoms with Gasteiger partial charge in [0.1, 0.15) is 6.10 Å². The van der Waals surface area contributed by atoms with Crippen LogP contribution in [0.4, 0.5) is 0 Å². The van der Waals surface area contributed by atoms with Crippen LogP contribution in [-0.4, -0.2) is 13.7 Å². The fourth-order valence-electron chi connectivity index (χ4n) is 3.85. The zero-order chi connectivity index (χ0) is 20.5. The highest BCUT2D eigenvalue weighted by Gasteiger charge is 2.31. The van der Waals surface area contributed by atoms with Crippen molar-refractivity contribution < 1.29 is 9.47 Å². The number of hydrogen-bond donors (Lipinski definition) is 1. The van der Waals surface area contributed by atoms with Crippen LogP contribution in [0.1, 0.15) is 62.8 Å². The van der Waals surface area contributed by atoms with Crippen molar-refractivity contribution in [2.24, 2.45) is 17.6 Å². The topological polar surface area (TPSA) is 44.5 Å². The Bertz CT molecular complexity index is 724. The Morgan fingerprint density at radius 1 is 1.11 bits per heavy atom. The van der Waals surface area contributed by atoms with E-state index in [1.165, 1.54) is 36.0 Å². The second-order valence-electron chi connectivity index (χ2n) is 7.87. The molecule has 0 aliphatic heterocycles. The van der Waals surface area contributed by atoms with E-state index in [4.69, 9.17) is 15.2 Å². The molecule has 0 aromatic heterocycles. The van der Waals surface area contributed by atoms with Crippen molar-refractivity contribution in [1.82, 2.24) is 0 Å². The standard InChI is InChI=1S/C18H20O2.C7H17N/c1-12-8-9-16(19-3)17(10-12)20-18-13(2)11-14-6-4-5-7-15(14)18;1-3-5-7(4-2)6-8/h4-10,13,18H,11H2,1-3H3;7H,3-6,8H2,1-2H3/t13-,18?;/m1./s1. The molecule has 3 heteroatoms. The van der Waals surface area contributed by atoms with Gasteiger partial charge >= 0.3 is 0 Å². The van der Waals surface area contributed by atoms with Gasteiger partial charge in [-0.25, -0.2) is 0 Å². The van der Waals surface area contributed by atoms with E-state index >= 15 is 0 Å². The van der Waals surface area contributed by atoms with Gasteiger partial charge in [0.05, 0.1) is 7.11 Å². The summed E-state index contributed by atoms with van der Waals surface area (Å²) in [6.45, 7) is 9.58. The maximum absolute atomic E-state index is 6.29. The minimum absolute atomic E-state index is 0.113. The monoisotopic (exact) mass is 383 g/mol. The minimum atomic E-state index is 0.113. The van der Waals surface area contributed by atoms with E-state index in [1.54, 1.807) is 7.11 Å². The highest BCUT2D eigenvalue weighted by molar-refractivity contribution is 5.44. The summed E-state index contributed by atoms with van der Waals surface area (Å²) >= 11 is 0. The van der Waals surface area contributed by atoms with Gasteiger partial charge in [-0.05, 0) is 61.1 Å². The summed E-state index contributed by atoms with van der Waals surface area (Å²) < 4.78 is 11.7. The van der Waals surface area contributed by atoms with Crippen molar-refractivity contribution >= 4 is 0 Å². The summed E-state index contributed by atoms with van der Waals surface area (Å²) in [7, 11) is 1.68. The van der Waals surface area contributed by atoms with E-state index < -0.39 is 0 Å². The molecule has 0 radical (unpaired) electrons. The number of fused-ring (bicyclic) bond motifs is 1. The van der Waals surface area contributed by atoms with Crippen molar-refractivity contribution in [2.45, 2.75) is 59.5 Å². The smallest absolute Gasteiger partial charge is 0.162 e. The second-order valence-corrected chi connectivity index (χ2v) is 7.87. The molecule has 2 unspecified atom stereocenters. The number of nitrogens with two attached hydrogens (primary N) is 1. The predicted molar refractivity (Wildman–Crippen MR) is 118 cm³/mol. The molecule has 2 N–H and O–H groups in total. The Hall–Kier alpha value is -2.00. The fraction of sp³-hybridized carbons (Fsp3) is 0.520. The van der Waals surface area contributed by atoms with Gasteiger partial charge in [0.15, 0.2) is 11.5 Å². The Labute approximate surface area is 171 Å². The molecule has 1 aliphatic carbocycles. The molecule has 2 aromatic rings. The van der Waals surface area contributed by atoms with Gasteiger partial charge in [-0.3, -0.25) is 0 Å². The van der Waals surface area contributed by atoms with Gasteiger partial charge in [-0.15, -0.1) is 0 Å². The molecule has 28 heavy (non-hydrogen) atoms. The third kappa shape index (κ3) is 5.75. The predicted octanol–water partition coefficient (Wildman–Crippen LogP) is 6.09. The summed E-state index contributed by atoms with van der Waals surface area (Å²) in [5.74, 6) is 2.89. The van der Waals surface area contributed by atoms with Crippen LogP contribution >= 0.6 is 0 Å². The van der Waals surface area contributed by atoms with Crippen LogP contribution in [0.3, 0.4) is 0 Å². The molecule has 0 bridgehead atoms. The van der Waals surface area contributed by atoms with Gasteiger partial charge < -0.3 is 15.2 Å². The van der Waals surface area contributed by atoms with Crippen LogP contribution in [-0.2, 0) is 6.42 Å². The van der Waals surface area contributed by atoms with Crippen LogP contribution < -0.4 is 15.2 Å². The zero-order valence-corrected chi connectivity index (χ0v) is 18.2. The summed E-state index contributed by atoms with van der Waals surface area (Å²) in [6.07, 6.45) is 5.00. The molecule has 0 saturated carbocycles. The molecule has 1 aliphatic rings. The van der Waals surface area contributed by atoms with Crippen LogP contribution in [0.15, 0.2) is 42.5 Å². The molecule has 0 amide bonds. The first-order valence-corrected chi connectivity index (χ1v) is 10.6. The first-order chi connectivity index (χ1) is 13.5. The van der Waals surface area contributed by atoms with Gasteiger partial charge in [0.2, 0.25) is 0 Å². The minimum Gasteiger partial charge on any atom is -0.493 e. The van der Waals surface area contributed by atoms with Crippen molar-refractivity contribution in [3.63, 3.8) is 0 Å². The van der Waals surface area contributed by atoms with Crippen molar-refractivity contribution in [3.05, 3.63) is 59.2 Å². The lowest BCUT2D eigenvalue weighted by Crippen LogP contribution is -2.12. The van der Waals surface area contributed by atoms with E-state index in [0.29, 0.717) is 5.92 Å². The highest BCUT2D eigenvalue weighted by atomic mass is 16.5. The Morgan fingerprint density at radius 2 is 1.86 bits per heavy atom. The average molecular weight is 384 g/mol. The number of hydrogen-bond acceptors (Lipinski definition) is 3. The Morgan fingerprint density at radius 3 is 2.46 bits per heavy atom. The lowest BCUT2D eigenvalue weighted by atomic mass is 10.0. The van der Waals surface area contributed by atoms with Crippen molar-refractivity contribution in [1.29, 1.82) is 0 Å². The maximum atomic E-state index is 6.29. The summed E-state index contributed by atoms with van der Waals surface area (Å²) in [6, 6.07) is 14.6. The van der Waals surface area contributed by atoms with Gasteiger partial charge in [-0.2, -0.15) is 0 Å². The molecule has 3 rings (SSSR count). The molecule has 3 atom stereocenters. The third-order valence-electron chi connectivity index (χ3n) is 5.60. The van der Waals surface area contributed by atoms with Crippen LogP contribution in [0.25, 0.3) is 0 Å². The number of benzene rings is 2. The molecule has 154 valence electrons. The lowest BCUT2D eigenvalue weighted by Gasteiger charge is -2.21. The number of methoxy groups -OCH3 is 1. The van der Waals surface area contributed by atoms with Crippen LogP contribution in [0.5, 0.6) is 11.5 Å². The number of rotatable bonds is 7. The maximum Gasteiger partial charge on any atom is 0.162 e. The molecular weight excluding hydrogens is 346 g/mol. The lowest BCUT2D eigenvalue weighted by molar-refractivity contribution is 0.153. The highest BCUT2D eigenvalue weighted by Crippen LogP contribution is 2.41. The molecule has 0 heterocycles. The number of ether oxygens (including phenoxy) is 2. The van der Waals surface area contributed by atoms with Crippen LogP contribution in [0, 0.1) is 18.8 Å². The van der Waals surface area contributed by atoms with Gasteiger partial charge in [0, 0.05) is 5.92 Å². The second kappa shape index (κ2) is 11.1. The molecule has 0 saturated heterocycles. The van der Waals surface area contributed by atoms with E-state index in [9.17, 15) is 0 Å². The Kier molecular flexibility index (Phi) is 8.85. The normalized spacial score (nSPS) is 18.6. The molecule has 0 fully saturated rings. The van der Waals surface area contributed by atoms with E-state index in [2.05, 4.69) is 52.0 Å². The van der Waals surface area contributed by atoms with Crippen molar-refractivity contribution in [3.8, 4) is 11.5 Å². The van der Waals surface area contributed by atoms with E-state index in [0.717, 1.165) is 30.4 Å². The molecule has 2 aromatic carbocycles. The van der Waals surface area contributed by atoms with E-state index in [-0.39, 0.29) is 6.10 Å². The third-order valence-corrected chi connectivity index (χ3v) is 5.60. The number of aryl methyl sites for hydroxylation is 1. The molecule has 3 nitrogen and oxygen atoms in total. The van der Waals surface area contributed by atoms with Crippen molar-refractivity contribution in [2.75, 3.05) is 13.7 Å². The largest absolute Gasteiger partial charge is 0.493 e. The zero-order valence-electron chi connectivity index (χ0n) is 18.2.